The average Bonchev–Trinajstić information content (AvgIpc) is 2.82. The summed E-state index contributed by atoms with van der Waals surface area (Å²) < 4.78 is 0. The number of nitro groups is 1. The number of non-ortho nitro benzene ring substituents is 1. The van der Waals surface area contributed by atoms with Gasteiger partial charge < -0.3 is 10.0 Å². The number of carbonyl (C=O) groups is 1. The van der Waals surface area contributed by atoms with Crippen LogP contribution < -0.4 is 4.90 Å². The molecular formula is C14H16N2O4. The Morgan fingerprint density at radius 1 is 1.55 bits per heavy atom. The van der Waals surface area contributed by atoms with Crippen LogP contribution in [-0.4, -0.2) is 28.6 Å². The van der Waals surface area contributed by atoms with Crippen molar-refractivity contribution in [3.8, 4) is 0 Å². The van der Waals surface area contributed by atoms with Crippen molar-refractivity contribution in [2.75, 3.05) is 11.4 Å². The molecule has 0 aliphatic carbocycles. The van der Waals surface area contributed by atoms with Gasteiger partial charge >= 0.3 is 5.97 Å². The van der Waals surface area contributed by atoms with Crippen LogP contribution in [0.3, 0.4) is 0 Å². The normalized spacial score (nSPS) is 18.6. The highest BCUT2D eigenvalue weighted by molar-refractivity contribution is 5.87. The maximum Gasteiger partial charge on any atom is 0.328 e. The molecule has 6 nitrogen and oxygen atoms in total. The molecular weight excluding hydrogens is 260 g/mol. The smallest absolute Gasteiger partial charge is 0.328 e. The first-order valence-corrected chi connectivity index (χ1v) is 6.45. The van der Waals surface area contributed by atoms with Crippen LogP contribution in [-0.2, 0) is 4.79 Å². The van der Waals surface area contributed by atoms with Gasteiger partial charge in [-0.25, -0.2) is 4.79 Å². The molecule has 0 saturated carbocycles. The quantitative estimate of drug-likeness (QED) is 0.519. The molecule has 1 atom stereocenters. The van der Waals surface area contributed by atoms with E-state index >= 15 is 0 Å². The maximum atomic E-state index is 10.8. The van der Waals surface area contributed by atoms with Gasteiger partial charge in [0.05, 0.1) is 4.92 Å². The monoisotopic (exact) mass is 276 g/mol. The summed E-state index contributed by atoms with van der Waals surface area (Å²) in [7, 11) is 0. The first kappa shape index (κ1) is 14.0. The molecule has 1 aromatic carbocycles. The van der Waals surface area contributed by atoms with E-state index in [0.717, 1.165) is 31.1 Å². The summed E-state index contributed by atoms with van der Waals surface area (Å²) in [6.07, 6.45) is 4.55. The minimum atomic E-state index is -1.07. The van der Waals surface area contributed by atoms with Gasteiger partial charge in [0, 0.05) is 42.0 Å². The Hall–Kier alpha value is -2.37. The molecule has 1 aromatic rings. The number of benzene rings is 1. The van der Waals surface area contributed by atoms with Crippen molar-refractivity contribution in [3.63, 3.8) is 0 Å². The van der Waals surface area contributed by atoms with Crippen LogP contribution >= 0.6 is 0 Å². The standard InChI is InChI=1S/C14H16N2O4/c1-10-3-2-8-15(10)13-6-5-12(16(19)20)9-11(13)4-7-14(17)18/h4-7,9-10H,2-3,8H2,1H3,(H,17,18)/b7-4+. The fourth-order valence-corrected chi connectivity index (χ4v) is 2.50. The summed E-state index contributed by atoms with van der Waals surface area (Å²) in [5.74, 6) is -1.07. The van der Waals surface area contributed by atoms with Crippen LogP contribution in [0.2, 0.25) is 0 Å². The second-order valence-corrected chi connectivity index (χ2v) is 4.86. The molecule has 1 aliphatic rings. The first-order valence-electron chi connectivity index (χ1n) is 6.45. The highest BCUT2D eigenvalue weighted by Gasteiger charge is 2.23. The van der Waals surface area contributed by atoms with Gasteiger partial charge in [-0.05, 0) is 31.9 Å². The number of rotatable bonds is 4. The van der Waals surface area contributed by atoms with Gasteiger partial charge in [-0.1, -0.05) is 0 Å². The van der Waals surface area contributed by atoms with Gasteiger partial charge in [-0.2, -0.15) is 0 Å². The van der Waals surface area contributed by atoms with Gasteiger partial charge in [0.15, 0.2) is 0 Å². The molecule has 1 fully saturated rings. The van der Waals surface area contributed by atoms with Crippen molar-refractivity contribution in [2.45, 2.75) is 25.8 Å². The Morgan fingerprint density at radius 3 is 2.85 bits per heavy atom. The van der Waals surface area contributed by atoms with Gasteiger partial charge in [0.25, 0.3) is 5.69 Å². The molecule has 1 heterocycles. The fraction of sp³-hybridized carbons (Fsp3) is 0.357. The van der Waals surface area contributed by atoms with Crippen LogP contribution in [0.4, 0.5) is 11.4 Å². The maximum absolute atomic E-state index is 10.8. The average molecular weight is 276 g/mol. The number of anilines is 1. The van der Waals surface area contributed by atoms with Crippen LogP contribution in [0, 0.1) is 10.1 Å². The Kier molecular flexibility index (Phi) is 4.02. The predicted molar refractivity (Wildman–Crippen MR) is 75.8 cm³/mol. The summed E-state index contributed by atoms with van der Waals surface area (Å²) in [5.41, 5.74) is 1.37. The molecule has 20 heavy (non-hydrogen) atoms. The zero-order chi connectivity index (χ0) is 14.7. The van der Waals surface area contributed by atoms with Gasteiger partial charge in [0.2, 0.25) is 0 Å². The van der Waals surface area contributed by atoms with E-state index in [1.807, 2.05) is 0 Å². The molecule has 0 amide bonds. The lowest BCUT2D eigenvalue weighted by molar-refractivity contribution is -0.384. The molecule has 0 spiro atoms. The SMILES string of the molecule is CC1CCCN1c1ccc([N+](=O)[O-])cc1/C=C/C(=O)O. The lowest BCUT2D eigenvalue weighted by atomic mass is 10.1. The summed E-state index contributed by atoms with van der Waals surface area (Å²) >= 11 is 0. The minimum Gasteiger partial charge on any atom is -0.478 e. The summed E-state index contributed by atoms with van der Waals surface area (Å²) in [4.78, 5) is 23.2. The van der Waals surface area contributed by atoms with Gasteiger partial charge in [0.1, 0.15) is 0 Å². The van der Waals surface area contributed by atoms with E-state index in [1.54, 1.807) is 6.07 Å². The second-order valence-electron chi connectivity index (χ2n) is 4.86. The molecule has 6 heteroatoms. The summed E-state index contributed by atoms with van der Waals surface area (Å²) in [6.45, 7) is 2.98. The van der Waals surface area contributed by atoms with E-state index in [9.17, 15) is 14.9 Å². The zero-order valence-electron chi connectivity index (χ0n) is 11.2. The van der Waals surface area contributed by atoms with Crippen molar-refractivity contribution < 1.29 is 14.8 Å². The fourth-order valence-electron chi connectivity index (χ4n) is 2.50. The number of carboxylic acid groups (broad SMARTS) is 1. The Morgan fingerprint density at radius 2 is 2.30 bits per heavy atom. The van der Waals surface area contributed by atoms with E-state index in [-0.39, 0.29) is 5.69 Å². The molecule has 0 bridgehead atoms. The third-order valence-corrected chi connectivity index (χ3v) is 3.49. The number of aliphatic carboxylic acids is 1. The molecule has 1 saturated heterocycles. The van der Waals surface area contributed by atoms with Crippen LogP contribution in [0.25, 0.3) is 6.08 Å². The Balaban J connectivity index is 2.44. The number of nitrogens with zero attached hydrogens (tertiary/aromatic N) is 2. The number of carboxylic acids is 1. The van der Waals surface area contributed by atoms with Crippen molar-refractivity contribution in [1.82, 2.24) is 0 Å². The molecule has 0 aromatic heterocycles. The molecule has 1 N–H and O–H groups in total. The molecule has 0 radical (unpaired) electrons. The van der Waals surface area contributed by atoms with E-state index in [0.29, 0.717) is 11.6 Å². The lowest BCUT2D eigenvalue weighted by Crippen LogP contribution is -2.26. The number of nitro benzene ring substituents is 1. The first-order chi connectivity index (χ1) is 9.49. The summed E-state index contributed by atoms with van der Waals surface area (Å²) in [5, 5.41) is 19.6. The minimum absolute atomic E-state index is 0.0364. The Labute approximate surface area is 116 Å². The van der Waals surface area contributed by atoms with Crippen LogP contribution in [0.5, 0.6) is 0 Å². The second kappa shape index (κ2) is 5.73. The lowest BCUT2D eigenvalue weighted by Gasteiger charge is -2.25. The van der Waals surface area contributed by atoms with Crippen LogP contribution in [0.1, 0.15) is 25.3 Å². The molecule has 1 aliphatic heterocycles. The zero-order valence-corrected chi connectivity index (χ0v) is 11.2. The van der Waals surface area contributed by atoms with Crippen molar-refractivity contribution >= 4 is 23.4 Å². The number of hydrogen-bond acceptors (Lipinski definition) is 4. The van der Waals surface area contributed by atoms with E-state index < -0.39 is 10.9 Å². The van der Waals surface area contributed by atoms with Crippen molar-refractivity contribution in [2.24, 2.45) is 0 Å². The topological polar surface area (TPSA) is 83.7 Å². The third-order valence-electron chi connectivity index (χ3n) is 3.49. The number of hydrogen-bond donors (Lipinski definition) is 1. The van der Waals surface area contributed by atoms with Gasteiger partial charge in [-0.15, -0.1) is 0 Å². The molecule has 2 rings (SSSR count). The Bertz CT molecular complexity index is 568. The predicted octanol–water partition coefficient (Wildman–Crippen LogP) is 2.68. The van der Waals surface area contributed by atoms with Gasteiger partial charge in [-0.3, -0.25) is 10.1 Å². The van der Waals surface area contributed by atoms with E-state index in [4.69, 9.17) is 5.11 Å². The van der Waals surface area contributed by atoms with Crippen molar-refractivity contribution in [1.29, 1.82) is 0 Å². The third kappa shape index (κ3) is 2.96. The largest absolute Gasteiger partial charge is 0.478 e. The summed E-state index contributed by atoms with van der Waals surface area (Å²) in [6, 6.07) is 4.92. The van der Waals surface area contributed by atoms with Crippen molar-refractivity contribution in [3.05, 3.63) is 40.0 Å². The van der Waals surface area contributed by atoms with Crippen LogP contribution in [0.15, 0.2) is 24.3 Å². The molecule has 106 valence electrons. The van der Waals surface area contributed by atoms with E-state index in [2.05, 4.69) is 11.8 Å². The van der Waals surface area contributed by atoms with E-state index in [1.165, 1.54) is 18.2 Å². The highest BCUT2D eigenvalue weighted by atomic mass is 16.6. The molecule has 1 unspecified atom stereocenters. The highest BCUT2D eigenvalue weighted by Crippen LogP contribution is 2.31.